The van der Waals surface area contributed by atoms with Gasteiger partial charge in [-0.3, -0.25) is 5.32 Å². The average molecular weight is 579 g/mol. The molecule has 45 heavy (non-hydrogen) atoms. The molecule has 0 amide bonds. The first-order valence-electron chi connectivity index (χ1n) is 15.9. The number of fused-ring (bicyclic) bond motifs is 7. The molecule has 0 saturated carbocycles. The first kappa shape index (κ1) is 26.2. The van der Waals surface area contributed by atoms with E-state index in [1.807, 2.05) is 0 Å². The average Bonchev–Trinajstić information content (AvgIpc) is 3.33. The molecule has 2 heteroatoms. The molecule has 7 aromatic rings. The van der Waals surface area contributed by atoms with E-state index in [0.29, 0.717) is 0 Å². The molecular formula is C43H34N2. The lowest BCUT2D eigenvalue weighted by molar-refractivity contribution is 0.447. The number of hydrogen-bond acceptors (Lipinski definition) is 2. The minimum atomic E-state index is -0.118. The Bertz CT molecular complexity index is 2310. The van der Waals surface area contributed by atoms with Crippen LogP contribution in [0.2, 0.25) is 0 Å². The van der Waals surface area contributed by atoms with Gasteiger partial charge in [-0.25, -0.2) is 0 Å². The van der Waals surface area contributed by atoms with Crippen LogP contribution < -0.4 is 10.6 Å². The number of hydrogen-bond donors (Lipinski definition) is 2. The lowest BCUT2D eigenvalue weighted by Crippen LogP contribution is -2.40. The van der Waals surface area contributed by atoms with Crippen molar-refractivity contribution in [2.24, 2.45) is 0 Å². The van der Waals surface area contributed by atoms with E-state index in [1.54, 1.807) is 0 Å². The van der Waals surface area contributed by atoms with Crippen molar-refractivity contribution in [2.45, 2.75) is 31.5 Å². The molecule has 2 aliphatic rings. The molecule has 7 aromatic carbocycles. The Morgan fingerprint density at radius 3 is 2.09 bits per heavy atom. The summed E-state index contributed by atoms with van der Waals surface area (Å²) in [4.78, 5) is 0. The fraction of sp³-hybridized carbons (Fsp3) is 0.116. The van der Waals surface area contributed by atoms with Crippen molar-refractivity contribution < 1.29 is 0 Å². The van der Waals surface area contributed by atoms with Gasteiger partial charge in [0.05, 0.1) is 6.04 Å². The number of rotatable bonds is 3. The van der Waals surface area contributed by atoms with E-state index in [2.05, 4.69) is 170 Å². The predicted octanol–water partition coefficient (Wildman–Crippen LogP) is 10.4. The molecule has 1 aliphatic heterocycles. The highest BCUT2D eigenvalue weighted by molar-refractivity contribution is 6.14. The molecule has 0 aromatic heterocycles. The molecule has 2 nitrogen and oxygen atoms in total. The normalized spacial score (nSPS) is 18.4. The third-order valence-corrected chi connectivity index (χ3v) is 10.1. The quantitative estimate of drug-likeness (QED) is 0.161. The Morgan fingerprint density at radius 1 is 0.533 bits per heavy atom. The van der Waals surface area contributed by atoms with Gasteiger partial charge < -0.3 is 5.32 Å². The van der Waals surface area contributed by atoms with E-state index in [4.69, 9.17) is 0 Å². The van der Waals surface area contributed by atoms with Crippen LogP contribution in [0.15, 0.2) is 146 Å². The van der Waals surface area contributed by atoms with Crippen molar-refractivity contribution in [3.8, 4) is 11.1 Å². The monoisotopic (exact) mass is 578 g/mol. The maximum atomic E-state index is 4.06. The maximum Gasteiger partial charge on any atom is 0.105 e. The molecule has 9 rings (SSSR count). The largest absolute Gasteiger partial charge is 0.366 e. The Morgan fingerprint density at radius 2 is 1.22 bits per heavy atom. The standard InChI is InChI=1S/C43H34N2/c1-43(2)37-22-11-10-19-32(37)34-20-12-21-35(41(34)43)39-26-38(28-14-4-3-5-15-28)44-42(45-39)40-31-18-9-7-16-29(31)25-36-30-17-8-6-13-27(30)23-24-33(36)40/h3-26,38,42,44-45H,1-2H3. The Labute approximate surface area is 264 Å². The highest BCUT2D eigenvalue weighted by Crippen LogP contribution is 2.51. The molecule has 0 fully saturated rings. The first-order chi connectivity index (χ1) is 22.1. The smallest absolute Gasteiger partial charge is 0.105 e. The second-order valence-corrected chi connectivity index (χ2v) is 13.0. The summed E-state index contributed by atoms with van der Waals surface area (Å²) in [6.07, 6.45) is 2.27. The fourth-order valence-electron chi connectivity index (χ4n) is 8.05. The molecular weight excluding hydrogens is 544 g/mol. The molecule has 0 spiro atoms. The van der Waals surface area contributed by atoms with E-state index in [0.717, 1.165) is 0 Å². The first-order valence-corrected chi connectivity index (χ1v) is 15.9. The van der Waals surface area contributed by atoms with Gasteiger partial charge in [-0.1, -0.05) is 147 Å². The minimum absolute atomic E-state index is 0.0321. The third-order valence-electron chi connectivity index (χ3n) is 10.1. The summed E-state index contributed by atoms with van der Waals surface area (Å²) < 4.78 is 0. The summed E-state index contributed by atoms with van der Waals surface area (Å²) in [6.45, 7) is 4.75. The van der Waals surface area contributed by atoms with Crippen molar-refractivity contribution >= 4 is 38.0 Å². The summed E-state index contributed by atoms with van der Waals surface area (Å²) in [5.74, 6) is 0. The summed E-state index contributed by atoms with van der Waals surface area (Å²) in [6, 6.07) is 51.1. The lowest BCUT2D eigenvalue weighted by Gasteiger charge is -2.36. The third kappa shape index (κ3) is 3.99. The SMILES string of the molecule is CC1(C)c2ccccc2-c2cccc(C3=CC(c4ccccc4)NC(c4c5ccccc5cc5c4ccc4ccccc45)N3)c21. The molecule has 2 unspecified atom stereocenters. The van der Waals surface area contributed by atoms with Crippen LogP contribution in [0, 0.1) is 0 Å². The van der Waals surface area contributed by atoms with E-state index in [9.17, 15) is 0 Å². The molecule has 2 atom stereocenters. The molecule has 1 aliphatic carbocycles. The highest BCUT2D eigenvalue weighted by Gasteiger charge is 2.38. The van der Waals surface area contributed by atoms with Crippen LogP contribution in [0.3, 0.4) is 0 Å². The molecule has 2 N–H and O–H groups in total. The zero-order valence-corrected chi connectivity index (χ0v) is 25.5. The van der Waals surface area contributed by atoms with Gasteiger partial charge in [-0.05, 0) is 72.3 Å². The van der Waals surface area contributed by atoms with Crippen LogP contribution in [-0.4, -0.2) is 0 Å². The van der Waals surface area contributed by atoms with Gasteiger partial charge in [0.15, 0.2) is 0 Å². The van der Waals surface area contributed by atoms with Gasteiger partial charge >= 0.3 is 0 Å². The van der Waals surface area contributed by atoms with Crippen LogP contribution >= 0.6 is 0 Å². The lowest BCUT2D eigenvalue weighted by atomic mass is 9.79. The topological polar surface area (TPSA) is 24.1 Å². The maximum absolute atomic E-state index is 4.06. The molecule has 0 saturated heterocycles. The zero-order valence-electron chi connectivity index (χ0n) is 25.5. The predicted molar refractivity (Wildman–Crippen MR) is 189 cm³/mol. The van der Waals surface area contributed by atoms with Crippen LogP contribution in [-0.2, 0) is 5.41 Å². The molecule has 0 radical (unpaired) electrons. The van der Waals surface area contributed by atoms with Crippen molar-refractivity contribution in [3.63, 3.8) is 0 Å². The molecule has 1 heterocycles. The van der Waals surface area contributed by atoms with Gasteiger partial charge in [-0.2, -0.15) is 0 Å². The zero-order chi connectivity index (χ0) is 30.1. The summed E-state index contributed by atoms with van der Waals surface area (Å²) >= 11 is 0. The van der Waals surface area contributed by atoms with Crippen molar-refractivity contribution in [3.05, 3.63) is 173 Å². The van der Waals surface area contributed by atoms with Crippen LogP contribution in [0.1, 0.15) is 53.9 Å². The van der Waals surface area contributed by atoms with E-state index >= 15 is 0 Å². The van der Waals surface area contributed by atoms with Gasteiger partial charge in [0, 0.05) is 22.2 Å². The van der Waals surface area contributed by atoms with Crippen LogP contribution in [0.25, 0.3) is 49.1 Å². The summed E-state index contributed by atoms with van der Waals surface area (Å²) in [7, 11) is 0. The van der Waals surface area contributed by atoms with Gasteiger partial charge in [0.2, 0.25) is 0 Å². The minimum Gasteiger partial charge on any atom is -0.366 e. The van der Waals surface area contributed by atoms with E-state index < -0.39 is 0 Å². The van der Waals surface area contributed by atoms with Crippen molar-refractivity contribution in [1.82, 2.24) is 10.6 Å². The van der Waals surface area contributed by atoms with Crippen molar-refractivity contribution in [1.29, 1.82) is 0 Å². The van der Waals surface area contributed by atoms with Gasteiger partial charge in [-0.15, -0.1) is 0 Å². The molecule has 216 valence electrons. The van der Waals surface area contributed by atoms with E-state index in [1.165, 1.54) is 77.0 Å². The Hall–Kier alpha value is -5.18. The summed E-state index contributed by atoms with van der Waals surface area (Å²) in [5.41, 5.74) is 10.3. The number of nitrogens with one attached hydrogen (secondary N) is 2. The van der Waals surface area contributed by atoms with E-state index in [-0.39, 0.29) is 17.6 Å². The van der Waals surface area contributed by atoms with Gasteiger partial charge in [0.1, 0.15) is 6.17 Å². The molecule has 0 bridgehead atoms. The second kappa shape index (κ2) is 9.92. The van der Waals surface area contributed by atoms with Crippen molar-refractivity contribution in [2.75, 3.05) is 0 Å². The van der Waals surface area contributed by atoms with Crippen LogP contribution in [0.5, 0.6) is 0 Å². The fourth-order valence-corrected chi connectivity index (χ4v) is 8.05. The second-order valence-electron chi connectivity index (χ2n) is 13.0. The number of benzene rings is 7. The van der Waals surface area contributed by atoms with Gasteiger partial charge in [0.25, 0.3) is 0 Å². The Kier molecular flexibility index (Phi) is 5.78. The highest BCUT2D eigenvalue weighted by atomic mass is 15.2. The summed E-state index contributed by atoms with van der Waals surface area (Å²) in [5, 5.41) is 15.7. The Balaban J connectivity index is 1.28. The van der Waals surface area contributed by atoms with Crippen LogP contribution in [0.4, 0.5) is 0 Å².